The zero-order valence-electron chi connectivity index (χ0n) is 12.2. The van der Waals surface area contributed by atoms with Crippen molar-refractivity contribution >= 4 is 21.2 Å². The Morgan fingerprint density at radius 2 is 2.05 bits per heavy atom. The van der Waals surface area contributed by atoms with Gasteiger partial charge in [0.05, 0.1) is 10.2 Å². The molecule has 116 valence electrons. The topological polar surface area (TPSA) is 89.3 Å². The minimum atomic E-state index is -3.06. The average molecular weight is 312 g/mol. The zero-order chi connectivity index (χ0) is 15.6. The third kappa shape index (κ3) is 3.93. The molecule has 1 aliphatic carbocycles. The van der Waals surface area contributed by atoms with Gasteiger partial charge in [-0.05, 0) is 37.8 Å². The van der Waals surface area contributed by atoms with Crippen LogP contribution in [0.25, 0.3) is 0 Å². The Hall–Kier alpha value is -1.63. The molecular formula is C14H20N2O4S. The SMILES string of the molecule is Cc1ccc(NC2CCCC(S(C)(=O)=O)C2)c([N+](=O)[O-])c1. The van der Waals surface area contributed by atoms with E-state index in [1.165, 1.54) is 12.3 Å². The van der Waals surface area contributed by atoms with Crippen LogP contribution in [0.4, 0.5) is 11.4 Å². The normalized spacial score (nSPS) is 22.8. The number of rotatable bonds is 4. The molecule has 1 aliphatic rings. The highest BCUT2D eigenvalue weighted by Crippen LogP contribution is 2.30. The van der Waals surface area contributed by atoms with Crippen LogP contribution in [-0.2, 0) is 9.84 Å². The number of hydrogen-bond acceptors (Lipinski definition) is 5. The summed E-state index contributed by atoms with van der Waals surface area (Å²) >= 11 is 0. The van der Waals surface area contributed by atoms with Gasteiger partial charge in [-0.15, -0.1) is 0 Å². The van der Waals surface area contributed by atoms with Crippen molar-refractivity contribution in [3.8, 4) is 0 Å². The number of nitro benzene ring substituents is 1. The van der Waals surface area contributed by atoms with Crippen molar-refractivity contribution in [3.63, 3.8) is 0 Å². The standard InChI is InChI=1S/C14H20N2O4S/c1-10-6-7-13(14(8-10)16(17)18)15-11-4-3-5-12(9-11)21(2,19)20/h6-8,11-12,15H,3-5,9H2,1-2H3. The lowest BCUT2D eigenvalue weighted by Crippen LogP contribution is -2.34. The highest BCUT2D eigenvalue weighted by Gasteiger charge is 2.29. The second-order valence-electron chi connectivity index (χ2n) is 5.74. The Morgan fingerprint density at radius 3 is 2.67 bits per heavy atom. The van der Waals surface area contributed by atoms with Gasteiger partial charge >= 0.3 is 0 Å². The van der Waals surface area contributed by atoms with Crippen molar-refractivity contribution in [3.05, 3.63) is 33.9 Å². The van der Waals surface area contributed by atoms with Crippen LogP contribution in [0.3, 0.4) is 0 Å². The number of aryl methyl sites for hydroxylation is 1. The van der Waals surface area contributed by atoms with Crippen LogP contribution in [0.15, 0.2) is 18.2 Å². The third-order valence-corrected chi connectivity index (χ3v) is 5.58. The maximum absolute atomic E-state index is 11.7. The van der Waals surface area contributed by atoms with Gasteiger partial charge in [0.2, 0.25) is 0 Å². The highest BCUT2D eigenvalue weighted by molar-refractivity contribution is 7.91. The molecule has 0 heterocycles. The Labute approximate surface area is 124 Å². The maximum atomic E-state index is 11.7. The molecule has 1 N–H and O–H groups in total. The molecule has 21 heavy (non-hydrogen) atoms. The Bertz CT molecular complexity index is 642. The molecule has 0 radical (unpaired) electrons. The van der Waals surface area contributed by atoms with Gasteiger partial charge in [0.1, 0.15) is 15.5 Å². The van der Waals surface area contributed by atoms with Gasteiger partial charge in [-0.1, -0.05) is 12.5 Å². The fourth-order valence-electron chi connectivity index (χ4n) is 2.80. The molecule has 1 fully saturated rings. The van der Waals surface area contributed by atoms with E-state index in [0.29, 0.717) is 18.5 Å². The lowest BCUT2D eigenvalue weighted by Gasteiger charge is -2.29. The number of nitrogens with zero attached hydrogens (tertiary/aromatic N) is 1. The number of anilines is 1. The lowest BCUT2D eigenvalue weighted by atomic mass is 9.94. The van der Waals surface area contributed by atoms with Gasteiger partial charge in [-0.2, -0.15) is 0 Å². The van der Waals surface area contributed by atoms with Crippen LogP contribution in [0.5, 0.6) is 0 Å². The molecule has 0 bridgehead atoms. The molecule has 2 rings (SSSR count). The predicted octanol–water partition coefficient (Wildman–Crippen LogP) is 2.67. The number of nitrogens with one attached hydrogen (secondary N) is 1. The Kier molecular flexibility index (Phi) is 4.51. The summed E-state index contributed by atoms with van der Waals surface area (Å²) < 4.78 is 23.3. The van der Waals surface area contributed by atoms with E-state index < -0.39 is 14.8 Å². The van der Waals surface area contributed by atoms with Crippen LogP contribution in [0, 0.1) is 17.0 Å². The molecule has 2 unspecified atom stereocenters. The summed E-state index contributed by atoms with van der Waals surface area (Å²) in [5, 5.41) is 13.9. The van der Waals surface area contributed by atoms with E-state index >= 15 is 0 Å². The minimum Gasteiger partial charge on any atom is -0.377 e. The van der Waals surface area contributed by atoms with Gasteiger partial charge in [0, 0.05) is 18.4 Å². The summed E-state index contributed by atoms with van der Waals surface area (Å²) in [5.74, 6) is 0. The van der Waals surface area contributed by atoms with E-state index in [4.69, 9.17) is 0 Å². The summed E-state index contributed by atoms with van der Waals surface area (Å²) in [4.78, 5) is 10.7. The highest BCUT2D eigenvalue weighted by atomic mass is 32.2. The second kappa shape index (κ2) is 6.01. The molecule has 1 aromatic rings. The van der Waals surface area contributed by atoms with Crippen molar-refractivity contribution in [1.82, 2.24) is 0 Å². The van der Waals surface area contributed by atoms with Crippen molar-refractivity contribution in [2.24, 2.45) is 0 Å². The smallest absolute Gasteiger partial charge is 0.292 e. The molecule has 0 aliphatic heterocycles. The molecule has 0 aromatic heterocycles. The van der Waals surface area contributed by atoms with Crippen LogP contribution in [-0.4, -0.2) is 30.9 Å². The third-order valence-electron chi connectivity index (χ3n) is 3.94. The van der Waals surface area contributed by atoms with Gasteiger partial charge < -0.3 is 5.32 Å². The molecule has 6 nitrogen and oxygen atoms in total. The van der Waals surface area contributed by atoms with Crippen molar-refractivity contribution in [2.75, 3.05) is 11.6 Å². The fraction of sp³-hybridized carbons (Fsp3) is 0.571. The lowest BCUT2D eigenvalue weighted by molar-refractivity contribution is -0.384. The first-order valence-corrected chi connectivity index (χ1v) is 8.93. The molecule has 2 atom stereocenters. The quantitative estimate of drug-likeness (QED) is 0.682. The first-order chi connectivity index (χ1) is 9.77. The molecule has 0 spiro atoms. The van der Waals surface area contributed by atoms with Crippen LogP contribution in [0.2, 0.25) is 0 Å². The monoisotopic (exact) mass is 312 g/mol. The van der Waals surface area contributed by atoms with Crippen LogP contribution < -0.4 is 5.32 Å². The number of hydrogen-bond donors (Lipinski definition) is 1. The molecule has 0 amide bonds. The summed E-state index contributed by atoms with van der Waals surface area (Å²) in [6.45, 7) is 1.80. The largest absolute Gasteiger partial charge is 0.377 e. The molecular weight excluding hydrogens is 292 g/mol. The average Bonchev–Trinajstić information content (AvgIpc) is 2.40. The van der Waals surface area contributed by atoms with Gasteiger partial charge in [-0.25, -0.2) is 8.42 Å². The van der Waals surface area contributed by atoms with E-state index in [1.807, 2.05) is 6.07 Å². The van der Waals surface area contributed by atoms with E-state index in [9.17, 15) is 18.5 Å². The van der Waals surface area contributed by atoms with E-state index in [0.717, 1.165) is 18.4 Å². The zero-order valence-corrected chi connectivity index (χ0v) is 13.0. The van der Waals surface area contributed by atoms with Crippen molar-refractivity contribution in [2.45, 2.75) is 43.9 Å². The first-order valence-electron chi connectivity index (χ1n) is 6.98. The predicted molar refractivity (Wildman–Crippen MR) is 82.3 cm³/mol. The molecule has 1 saturated carbocycles. The van der Waals surface area contributed by atoms with Crippen LogP contribution in [0.1, 0.15) is 31.2 Å². The fourth-order valence-corrected chi connectivity index (χ4v) is 3.98. The summed E-state index contributed by atoms with van der Waals surface area (Å²) in [6.07, 6.45) is 4.08. The Morgan fingerprint density at radius 1 is 1.33 bits per heavy atom. The van der Waals surface area contributed by atoms with E-state index in [-0.39, 0.29) is 17.0 Å². The number of sulfone groups is 1. The van der Waals surface area contributed by atoms with Gasteiger partial charge in [-0.3, -0.25) is 10.1 Å². The maximum Gasteiger partial charge on any atom is 0.292 e. The van der Waals surface area contributed by atoms with Crippen molar-refractivity contribution < 1.29 is 13.3 Å². The number of nitro groups is 1. The molecule has 0 saturated heterocycles. The Balaban J connectivity index is 2.17. The number of benzene rings is 1. The second-order valence-corrected chi connectivity index (χ2v) is 8.06. The van der Waals surface area contributed by atoms with E-state index in [2.05, 4.69) is 5.32 Å². The van der Waals surface area contributed by atoms with E-state index in [1.54, 1.807) is 13.0 Å². The summed E-state index contributed by atoms with van der Waals surface area (Å²) in [7, 11) is -3.06. The van der Waals surface area contributed by atoms with Crippen molar-refractivity contribution in [1.29, 1.82) is 0 Å². The summed E-state index contributed by atoms with van der Waals surface area (Å²) in [6, 6.07) is 4.99. The van der Waals surface area contributed by atoms with Gasteiger partial charge in [0.25, 0.3) is 5.69 Å². The molecule has 1 aromatic carbocycles. The molecule has 7 heteroatoms. The van der Waals surface area contributed by atoms with Gasteiger partial charge in [0.15, 0.2) is 0 Å². The van der Waals surface area contributed by atoms with Crippen LogP contribution >= 0.6 is 0 Å². The summed E-state index contributed by atoms with van der Waals surface area (Å²) in [5.41, 5.74) is 1.33. The minimum absolute atomic E-state index is 0.0384. The first kappa shape index (κ1) is 15.8.